The molecule has 0 aliphatic heterocycles. The number of hydrogen-bond donors (Lipinski definition) is 6. The van der Waals surface area contributed by atoms with Gasteiger partial charge in [0.25, 0.3) is 0 Å². The molecule has 1 aromatic heterocycles. The molecule has 0 unspecified atom stereocenters. The minimum absolute atomic E-state index is 0.00357. The molecule has 12 heteroatoms. The summed E-state index contributed by atoms with van der Waals surface area (Å²) in [6.45, 7) is -0.899. The minimum atomic E-state index is -1.13. The molecule has 1 heterocycles. The summed E-state index contributed by atoms with van der Waals surface area (Å²) >= 11 is 0. The molecule has 26 heavy (non-hydrogen) atoms. The van der Waals surface area contributed by atoms with Gasteiger partial charge in [0.2, 0.25) is 17.8 Å². The maximum absolute atomic E-state index is 10.8. The van der Waals surface area contributed by atoms with Crippen molar-refractivity contribution >= 4 is 41.4 Å². The number of benzene rings is 1. The van der Waals surface area contributed by atoms with Crippen molar-refractivity contribution in [2.45, 2.75) is 0 Å². The van der Waals surface area contributed by atoms with E-state index in [0.29, 0.717) is 5.69 Å². The fraction of sp³-hybridized carbons (Fsp3) is 0.143. The summed E-state index contributed by atoms with van der Waals surface area (Å²) in [5.41, 5.74) is 0.563. The van der Waals surface area contributed by atoms with Crippen molar-refractivity contribution in [2.24, 2.45) is 0 Å². The van der Waals surface area contributed by atoms with Gasteiger partial charge >= 0.3 is 17.9 Å². The number of aromatic carboxylic acids is 1. The van der Waals surface area contributed by atoms with Crippen LogP contribution in [0.1, 0.15) is 10.4 Å². The van der Waals surface area contributed by atoms with E-state index in [1.807, 2.05) is 0 Å². The van der Waals surface area contributed by atoms with Crippen LogP contribution in [0.3, 0.4) is 0 Å². The van der Waals surface area contributed by atoms with Crippen molar-refractivity contribution in [1.82, 2.24) is 15.0 Å². The van der Waals surface area contributed by atoms with Crippen LogP contribution in [-0.4, -0.2) is 61.3 Å². The van der Waals surface area contributed by atoms with E-state index in [0.717, 1.165) is 0 Å². The lowest BCUT2D eigenvalue weighted by atomic mass is 10.2. The van der Waals surface area contributed by atoms with Crippen LogP contribution in [0.5, 0.6) is 0 Å². The fourth-order valence-corrected chi connectivity index (χ4v) is 1.72. The highest BCUT2D eigenvalue weighted by atomic mass is 16.4. The topological polar surface area (TPSA) is 187 Å². The quantitative estimate of drug-likeness (QED) is 0.359. The second-order valence-corrected chi connectivity index (χ2v) is 4.81. The van der Waals surface area contributed by atoms with Gasteiger partial charge in [-0.05, 0) is 24.3 Å². The van der Waals surface area contributed by atoms with Crippen LogP contribution in [-0.2, 0) is 9.59 Å². The Morgan fingerprint density at radius 1 is 0.769 bits per heavy atom. The van der Waals surface area contributed by atoms with Crippen LogP contribution in [0.4, 0.5) is 23.5 Å². The zero-order chi connectivity index (χ0) is 19.1. The molecule has 6 N–H and O–H groups in total. The molecule has 12 nitrogen and oxygen atoms in total. The number of carboxylic acids is 3. The SMILES string of the molecule is O=C(O)CNc1nc(NCC(=O)O)nc(Nc2ccc(C(=O)O)cc2)n1. The molecular formula is C14H14N6O6. The Morgan fingerprint density at radius 2 is 1.23 bits per heavy atom. The van der Waals surface area contributed by atoms with Gasteiger partial charge in [-0.25, -0.2) is 4.79 Å². The highest BCUT2D eigenvalue weighted by Crippen LogP contribution is 2.16. The van der Waals surface area contributed by atoms with Gasteiger partial charge in [-0.15, -0.1) is 0 Å². The largest absolute Gasteiger partial charge is 0.480 e. The molecule has 0 aliphatic carbocycles. The number of aromatic nitrogens is 3. The second kappa shape index (κ2) is 8.23. The molecule has 0 fully saturated rings. The van der Waals surface area contributed by atoms with Gasteiger partial charge in [0, 0.05) is 5.69 Å². The average Bonchev–Trinajstić information content (AvgIpc) is 2.58. The Bertz CT molecular complexity index is 789. The molecule has 0 saturated heterocycles. The molecule has 2 rings (SSSR count). The molecule has 136 valence electrons. The van der Waals surface area contributed by atoms with E-state index in [9.17, 15) is 14.4 Å². The fourth-order valence-electron chi connectivity index (χ4n) is 1.72. The maximum Gasteiger partial charge on any atom is 0.335 e. The Balaban J connectivity index is 2.22. The predicted octanol–water partition coefficient (Wildman–Crippen LogP) is 0.306. The van der Waals surface area contributed by atoms with Crippen molar-refractivity contribution in [1.29, 1.82) is 0 Å². The van der Waals surface area contributed by atoms with Crippen LogP contribution in [0.2, 0.25) is 0 Å². The molecule has 0 atom stereocenters. The Labute approximate surface area is 145 Å². The number of nitrogens with one attached hydrogen (secondary N) is 3. The Morgan fingerprint density at radius 3 is 1.65 bits per heavy atom. The Kier molecular flexibility index (Phi) is 5.82. The van der Waals surface area contributed by atoms with Crippen LogP contribution in [0.15, 0.2) is 24.3 Å². The molecule has 0 aliphatic rings. The molecule has 1 aromatic carbocycles. The molecule has 0 amide bonds. The Hall–Kier alpha value is -3.96. The molecule has 2 aromatic rings. The first-order valence-corrected chi connectivity index (χ1v) is 7.11. The van der Waals surface area contributed by atoms with Crippen LogP contribution >= 0.6 is 0 Å². The van der Waals surface area contributed by atoms with E-state index < -0.39 is 31.0 Å². The third kappa shape index (κ3) is 5.59. The third-order valence-corrected chi connectivity index (χ3v) is 2.82. The molecule has 0 saturated carbocycles. The summed E-state index contributed by atoms with van der Waals surface area (Å²) in [6.07, 6.45) is 0. The average molecular weight is 362 g/mol. The van der Waals surface area contributed by atoms with Crippen LogP contribution in [0, 0.1) is 0 Å². The number of carboxylic acid groups (broad SMARTS) is 3. The van der Waals surface area contributed by atoms with Gasteiger partial charge in [-0.1, -0.05) is 0 Å². The standard InChI is InChI=1S/C14H14N6O6/c21-9(22)5-15-12-18-13(16-6-10(23)24)20-14(19-12)17-8-3-1-7(2-4-8)11(25)26/h1-4H,5-6H2,(H,21,22)(H,23,24)(H,25,26)(H3,15,16,17,18,19,20). The van der Waals surface area contributed by atoms with E-state index in [-0.39, 0.29) is 23.4 Å². The van der Waals surface area contributed by atoms with Gasteiger partial charge in [0.15, 0.2) is 0 Å². The van der Waals surface area contributed by atoms with Gasteiger partial charge in [-0.2, -0.15) is 15.0 Å². The van der Waals surface area contributed by atoms with Crippen molar-refractivity contribution < 1.29 is 29.7 Å². The first kappa shape index (κ1) is 18.4. The molecule has 0 bridgehead atoms. The number of aliphatic carboxylic acids is 2. The number of carbonyl (C=O) groups is 3. The number of rotatable bonds is 9. The lowest BCUT2D eigenvalue weighted by Crippen LogP contribution is -2.18. The smallest absolute Gasteiger partial charge is 0.335 e. The summed E-state index contributed by atoms with van der Waals surface area (Å²) in [4.78, 5) is 44.0. The van der Waals surface area contributed by atoms with E-state index in [2.05, 4.69) is 30.9 Å². The maximum atomic E-state index is 10.8. The highest BCUT2D eigenvalue weighted by molar-refractivity contribution is 5.88. The van der Waals surface area contributed by atoms with Gasteiger partial charge in [0.05, 0.1) is 5.56 Å². The number of anilines is 4. The summed E-state index contributed by atoms with van der Waals surface area (Å²) in [5.74, 6) is -3.51. The van der Waals surface area contributed by atoms with Crippen LogP contribution < -0.4 is 16.0 Å². The summed E-state index contributed by atoms with van der Waals surface area (Å²) in [5, 5.41) is 34.0. The summed E-state index contributed by atoms with van der Waals surface area (Å²) < 4.78 is 0. The van der Waals surface area contributed by atoms with E-state index >= 15 is 0 Å². The molecule has 0 spiro atoms. The monoisotopic (exact) mass is 362 g/mol. The summed E-state index contributed by atoms with van der Waals surface area (Å²) in [6, 6.07) is 5.72. The number of hydrogen-bond acceptors (Lipinski definition) is 9. The second-order valence-electron chi connectivity index (χ2n) is 4.81. The van der Waals surface area contributed by atoms with E-state index in [1.54, 1.807) is 0 Å². The van der Waals surface area contributed by atoms with Crippen molar-refractivity contribution in [3.05, 3.63) is 29.8 Å². The number of nitrogens with zero attached hydrogens (tertiary/aromatic N) is 3. The normalized spacial score (nSPS) is 10.0. The molecular weight excluding hydrogens is 348 g/mol. The first-order chi connectivity index (χ1) is 12.3. The highest BCUT2D eigenvalue weighted by Gasteiger charge is 2.10. The van der Waals surface area contributed by atoms with Gasteiger partial charge in [-0.3, -0.25) is 9.59 Å². The zero-order valence-corrected chi connectivity index (χ0v) is 13.1. The lowest BCUT2D eigenvalue weighted by molar-refractivity contribution is -0.135. The summed E-state index contributed by atoms with van der Waals surface area (Å²) in [7, 11) is 0. The first-order valence-electron chi connectivity index (χ1n) is 7.11. The van der Waals surface area contributed by atoms with E-state index in [4.69, 9.17) is 15.3 Å². The minimum Gasteiger partial charge on any atom is -0.480 e. The van der Waals surface area contributed by atoms with Gasteiger partial charge in [0.1, 0.15) is 13.1 Å². The van der Waals surface area contributed by atoms with Gasteiger partial charge < -0.3 is 31.3 Å². The third-order valence-electron chi connectivity index (χ3n) is 2.82. The zero-order valence-electron chi connectivity index (χ0n) is 13.1. The van der Waals surface area contributed by atoms with Crippen molar-refractivity contribution in [2.75, 3.05) is 29.0 Å². The molecule has 0 radical (unpaired) electrons. The predicted molar refractivity (Wildman–Crippen MR) is 88.8 cm³/mol. The van der Waals surface area contributed by atoms with Crippen molar-refractivity contribution in [3.8, 4) is 0 Å². The van der Waals surface area contributed by atoms with E-state index in [1.165, 1.54) is 24.3 Å². The van der Waals surface area contributed by atoms with Crippen molar-refractivity contribution in [3.63, 3.8) is 0 Å². The van der Waals surface area contributed by atoms with Crippen LogP contribution in [0.25, 0.3) is 0 Å². The lowest BCUT2D eigenvalue weighted by Gasteiger charge is -2.10.